The highest BCUT2D eigenvalue weighted by atomic mass is 35.5. The van der Waals surface area contributed by atoms with Gasteiger partial charge in [-0.2, -0.15) is 0 Å². The van der Waals surface area contributed by atoms with Crippen LogP contribution in [0.25, 0.3) is 0 Å². The number of nitrogens with two attached hydrogens (primary N) is 1. The van der Waals surface area contributed by atoms with Crippen LogP contribution in [0.5, 0.6) is 0 Å². The van der Waals surface area contributed by atoms with E-state index < -0.39 is 28.1 Å². The Bertz CT molecular complexity index is 652. The van der Waals surface area contributed by atoms with Crippen LogP contribution < -0.4 is 10.5 Å². The number of primary amides is 1. The van der Waals surface area contributed by atoms with Gasteiger partial charge in [-0.25, -0.2) is 13.1 Å². The van der Waals surface area contributed by atoms with Gasteiger partial charge in [0.05, 0.1) is 24.5 Å². The number of amides is 1. The summed E-state index contributed by atoms with van der Waals surface area (Å²) in [4.78, 5) is 10.8. The van der Waals surface area contributed by atoms with Gasteiger partial charge in [0.15, 0.2) is 0 Å². The van der Waals surface area contributed by atoms with Crippen LogP contribution in [0.3, 0.4) is 0 Å². The average Bonchev–Trinajstić information content (AvgIpc) is 2.45. The van der Waals surface area contributed by atoms with E-state index in [2.05, 4.69) is 4.72 Å². The average molecular weight is 363 g/mol. The zero-order valence-corrected chi connectivity index (χ0v) is 14.0. The molecule has 2 atom stereocenters. The van der Waals surface area contributed by atoms with E-state index in [9.17, 15) is 13.2 Å². The van der Waals surface area contributed by atoms with Crippen LogP contribution in [0, 0.1) is 0 Å². The number of rotatable bonds is 7. The summed E-state index contributed by atoms with van der Waals surface area (Å²) in [6, 6.07) is 6.08. The molecule has 0 aliphatic carbocycles. The Hall–Kier alpha value is -1.19. The lowest BCUT2D eigenvalue weighted by Gasteiger charge is -2.31. The number of ether oxygens (including phenoxy) is 2. The number of nitrogens with one attached hydrogen (secondary N) is 1. The quantitative estimate of drug-likeness (QED) is 0.730. The molecule has 1 aromatic rings. The molecule has 1 aromatic carbocycles. The molecule has 0 spiro atoms. The largest absolute Gasteiger partial charge is 0.380 e. The Kier molecular flexibility index (Phi) is 6.37. The lowest BCUT2D eigenvalue weighted by atomic mass is 10.1. The highest BCUT2D eigenvalue weighted by molar-refractivity contribution is 7.88. The molecular formula is C14H19ClN2O5S. The van der Waals surface area contributed by atoms with Crippen molar-refractivity contribution in [2.75, 3.05) is 19.8 Å². The van der Waals surface area contributed by atoms with Gasteiger partial charge in [0.25, 0.3) is 0 Å². The predicted molar refractivity (Wildman–Crippen MR) is 85.4 cm³/mol. The Morgan fingerprint density at radius 2 is 2.26 bits per heavy atom. The molecule has 9 heteroatoms. The molecule has 0 aromatic heterocycles. The molecule has 0 unspecified atom stereocenters. The van der Waals surface area contributed by atoms with Crippen molar-refractivity contribution in [2.24, 2.45) is 5.73 Å². The SMILES string of the molecule is NC(=O)CO[C@@H]1CCOC[C@@H]1NS(=O)(=O)Cc1cccc(Cl)c1. The zero-order valence-electron chi connectivity index (χ0n) is 12.4. The number of sulfonamides is 1. The Morgan fingerprint density at radius 3 is 2.96 bits per heavy atom. The number of benzene rings is 1. The minimum Gasteiger partial charge on any atom is -0.380 e. The van der Waals surface area contributed by atoms with Crippen molar-refractivity contribution in [1.82, 2.24) is 4.72 Å². The molecule has 0 bridgehead atoms. The van der Waals surface area contributed by atoms with Gasteiger partial charge >= 0.3 is 0 Å². The van der Waals surface area contributed by atoms with Gasteiger partial charge in [-0.3, -0.25) is 4.79 Å². The van der Waals surface area contributed by atoms with Crippen LogP contribution >= 0.6 is 11.6 Å². The van der Waals surface area contributed by atoms with E-state index in [0.717, 1.165) is 0 Å². The number of halogens is 1. The topological polar surface area (TPSA) is 108 Å². The Balaban J connectivity index is 2.00. The number of hydrogen-bond donors (Lipinski definition) is 2. The van der Waals surface area contributed by atoms with Crippen molar-refractivity contribution >= 4 is 27.5 Å². The molecule has 2 rings (SSSR count). The van der Waals surface area contributed by atoms with E-state index in [1.54, 1.807) is 24.3 Å². The Labute approximate surface area is 140 Å². The zero-order chi connectivity index (χ0) is 16.9. The van der Waals surface area contributed by atoms with Gasteiger partial charge in [0, 0.05) is 11.6 Å². The first-order valence-electron chi connectivity index (χ1n) is 7.08. The van der Waals surface area contributed by atoms with Gasteiger partial charge < -0.3 is 15.2 Å². The van der Waals surface area contributed by atoms with Crippen molar-refractivity contribution in [3.63, 3.8) is 0 Å². The minimum atomic E-state index is -3.61. The summed E-state index contributed by atoms with van der Waals surface area (Å²) < 4.78 is 37.8. The van der Waals surface area contributed by atoms with E-state index in [0.29, 0.717) is 23.6 Å². The van der Waals surface area contributed by atoms with Crippen LogP contribution in [-0.2, 0) is 30.0 Å². The predicted octanol–water partition coefficient (Wildman–Crippen LogP) is 0.419. The highest BCUT2D eigenvalue weighted by Crippen LogP contribution is 2.16. The van der Waals surface area contributed by atoms with Crippen LogP contribution in [0.15, 0.2) is 24.3 Å². The standard InChI is InChI=1S/C14H19ClN2O5S/c15-11-3-1-2-10(6-11)9-23(19,20)17-12-7-21-5-4-13(12)22-8-14(16)18/h1-3,6,12-13,17H,4-5,7-9H2,(H2,16,18)/t12-,13+/m0/s1. The normalized spacial score (nSPS) is 22.0. The summed E-state index contributed by atoms with van der Waals surface area (Å²) in [7, 11) is -3.61. The third kappa shape index (κ3) is 6.08. The van der Waals surface area contributed by atoms with Crippen LogP contribution in [0.4, 0.5) is 0 Å². The maximum Gasteiger partial charge on any atom is 0.243 e. The molecule has 0 saturated carbocycles. The molecule has 7 nitrogen and oxygen atoms in total. The number of hydrogen-bond acceptors (Lipinski definition) is 5. The molecule has 1 saturated heterocycles. The van der Waals surface area contributed by atoms with E-state index in [1.807, 2.05) is 0 Å². The molecule has 23 heavy (non-hydrogen) atoms. The molecule has 1 aliphatic rings. The molecule has 1 aliphatic heterocycles. The maximum absolute atomic E-state index is 12.3. The Morgan fingerprint density at radius 1 is 1.48 bits per heavy atom. The fourth-order valence-corrected chi connectivity index (χ4v) is 3.93. The van der Waals surface area contributed by atoms with E-state index in [4.69, 9.17) is 26.8 Å². The monoisotopic (exact) mass is 362 g/mol. The first-order chi connectivity index (χ1) is 10.9. The summed E-state index contributed by atoms with van der Waals surface area (Å²) in [6.45, 7) is 0.366. The maximum atomic E-state index is 12.3. The van der Waals surface area contributed by atoms with Crippen molar-refractivity contribution in [2.45, 2.75) is 24.3 Å². The lowest BCUT2D eigenvalue weighted by molar-refractivity contribution is -0.127. The summed E-state index contributed by atoms with van der Waals surface area (Å²) in [6.07, 6.45) is 0.0304. The summed E-state index contributed by atoms with van der Waals surface area (Å²) in [5, 5.41) is 0.473. The second kappa shape index (κ2) is 8.07. The van der Waals surface area contributed by atoms with Gasteiger partial charge in [0.2, 0.25) is 15.9 Å². The smallest absolute Gasteiger partial charge is 0.243 e. The third-order valence-electron chi connectivity index (χ3n) is 3.31. The van der Waals surface area contributed by atoms with Gasteiger partial charge in [-0.05, 0) is 24.1 Å². The van der Waals surface area contributed by atoms with Gasteiger partial charge in [-0.1, -0.05) is 23.7 Å². The van der Waals surface area contributed by atoms with Crippen molar-refractivity contribution in [1.29, 1.82) is 0 Å². The fourth-order valence-electron chi connectivity index (χ4n) is 2.34. The van der Waals surface area contributed by atoms with Crippen molar-refractivity contribution in [3.8, 4) is 0 Å². The first kappa shape index (κ1) is 18.2. The van der Waals surface area contributed by atoms with Crippen molar-refractivity contribution in [3.05, 3.63) is 34.9 Å². The summed E-state index contributed by atoms with van der Waals surface area (Å²) in [5.74, 6) is -0.802. The first-order valence-corrected chi connectivity index (χ1v) is 9.11. The van der Waals surface area contributed by atoms with Crippen LogP contribution in [0.2, 0.25) is 5.02 Å². The molecular weight excluding hydrogens is 344 g/mol. The lowest BCUT2D eigenvalue weighted by Crippen LogP contribution is -2.51. The molecule has 1 fully saturated rings. The second-order valence-corrected chi connectivity index (χ2v) is 7.48. The number of carbonyl (C=O) groups excluding carboxylic acids is 1. The van der Waals surface area contributed by atoms with E-state index in [1.165, 1.54) is 0 Å². The molecule has 128 valence electrons. The van der Waals surface area contributed by atoms with E-state index >= 15 is 0 Å². The molecule has 3 N–H and O–H groups in total. The summed E-state index contributed by atoms with van der Waals surface area (Å²) >= 11 is 5.86. The molecule has 0 radical (unpaired) electrons. The van der Waals surface area contributed by atoms with Gasteiger partial charge in [-0.15, -0.1) is 0 Å². The minimum absolute atomic E-state index is 0.179. The third-order valence-corrected chi connectivity index (χ3v) is 4.92. The van der Waals surface area contributed by atoms with E-state index in [-0.39, 0.29) is 19.0 Å². The van der Waals surface area contributed by atoms with Gasteiger partial charge in [0.1, 0.15) is 6.61 Å². The fraction of sp³-hybridized carbons (Fsp3) is 0.500. The number of carbonyl (C=O) groups is 1. The second-order valence-electron chi connectivity index (χ2n) is 5.29. The van der Waals surface area contributed by atoms with Crippen LogP contribution in [-0.4, -0.2) is 46.3 Å². The molecule has 1 heterocycles. The van der Waals surface area contributed by atoms with Crippen molar-refractivity contribution < 1.29 is 22.7 Å². The van der Waals surface area contributed by atoms with Crippen LogP contribution in [0.1, 0.15) is 12.0 Å². The molecule has 1 amide bonds. The summed E-state index contributed by atoms with van der Waals surface area (Å²) in [5.41, 5.74) is 5.63. The highest BCUT2D eigenvalue weighted by Gasteiger charge is 2.30.